The molecular formula is C24H34N2O4S. The third-order valence-corrected chi connectivity index (χ3v) is 7.88. The van der Waals surface area contributed by atoms with Crippen molar-refractivity contribution in [3.8, 4) is 11.5 Å². The molecule has 2 aliphatic rings. The Hall–Kier alpha value is -2.12. The molecule has 2 heterocycles. The average molecular weight is 447 g/mol. The molecule has 2 unspecified atom stereocenters. The highest BCUT2D eigenvalue weighted by Gasteiger charge is 2.38. The molecular weight excluding hydrogens is 412 g/mol. The van der Waals surface area contributed by atoms with Crippen LogP contribution in [-0.2, 0) is 10.0 Å². The van der Waals surface area contributed by atoms with E-state index in [1.54, 1.807) is 29.7 Å². The Kier molecular flexibility index (Phi) is 7.94. The van der Waals surface area contributed by atoms with Gasteiger partial charge in [-0.2, -0.15) is 4.31 Å². The Balaban J connectivity index is 0.00000132. The minimum Gasteiger partial charge on any atom is -0.493 e. The molecule has 1 aliphatic heterocycles. The molecule has 7 heteroatoms. The van der Waals surface area contributed by atoms with Crippen molar-refractivity contribution in [1.82, 2.24) is 9.29 Å². The second-order valence-corrected chi connectivity index (χ2v) is 9.97. The number of ether oxygens (including phenoxy) is 2. The van der Waals surface area contributed by atoms with E-state index < -0.39 is 10.0 Å². The van der Waals surface area contributed by atoms with E-state index >= 15 is 0 Å². The van der Waals surface area contributed by atoms with E-state index in [9.17, 15) is 8.42 Å². The van der Waals surface area contributed by atoms with Crippen LogP contribution in [0.2, 0.25) is 0 Å². The second kappa shape index (κ2) is 10.5. The van der Waals surface area contributed by atoms with Crippen LogP contribution in [0.5, 0.6) is 11.5 Å². The van der Waals surface area contributed by atoms with Gasteiger partial charge in [0.05, 0.1) is 13.2 Å². The van der Waals surface area contributed by atoms with E-state index in [1.165, 1.54) is 19.0 Å². The molecule has 0 radical (unpaired) electrons. The van der Waals surface area contributed by atoms with E-state index in [0.717, 1.165) is 29.9 Å². The molecule has 6 nitrogen and oxygen atoms in total. The Bertz CT molecular complexity index is 943. The van der Waals surface area contributed by atoms with Gasteiger partial charge >= 0.3 is 0 Å². The fourth-order valence-corrected chi connectivity index (χ4v) is 5.93. The first kappa shape index (κ1) is 23.5. The predicted molar refractivity (Wildman–Crippen MR) is 122 cm³/mol. The standard InChI is InChI=1S/C22H28N2O4S.C2H6/c1-16-14-24(29(25,26)19-8-5-11-23-13-19)15-20(16)17-9-10-21(27-2)22(12-17)28-18-6-3-4-7-18;1-2/h5,8-13,16,18,20H,3-4,6-7,14-15H2,1-2H3;1-2H3. The van der Waals surface area contributed by atoms with Gasteiger partial charge in [0.15, 0.2) is 11.5 Å². The summed E-state index contributed by atoms with van der Waals surface area (Å²) in [6.45, 7) is 7.05. The van der Waals surface area contributed by atoms with Gasteiger partial charge in [-0.05, 0) is 61.4 Å². The summed E-state index contributed by atoms with van der Waals surface area (Å²) in [5.74, 6) is 1.80. The quantitative estimate of drug-likeness (QED) is 0.634. The number of rotatable bonds is 6. The van der Waals surface area contributed by atoms with Crippen molar-refractivity contribution < 1.29 is 17.9 Å². The summed E-state index contributed by atoms with van der Waals surface area (Å²) in [5, 5.41) is 0. The van der Waals surface area contributed by atoms with Gasteiger partial charge in [0.1, 0.15) is 4.90 Å². The zero-order chi connectivity index (χ0) is 22.4. The molecule has 2 fully saturated rings. The maximum Gasteiger partial charge on any atom is 0.244 e. The molecule has 4 rings (SSSR count). The number of nitrogens with zero attached hydrogens (tertiary/aromatic N) is 2. The first-order valence-corrected chi connectivity index (χ1v) is 12.7. The van der Waals surface area contributed by atoms with Gasteiger partial charge in [0, 0.05) is 31.4 Å². The Morgan fingerprint density at radius 1 is 1.06 bits per heavy atom. The Morgan fingerprint density at radius 3 is 2.45 bits per heavy atom. The highest BCUT2D eigenvalue weighted by atomic mass is 32.2. The van der Waals surface area contributed by atoms with E-state index in [1.807, 2.05) is 32.0 Å². The number of pyridine rings is 1. The Labute approximate surface area is 186 Å². The van der Waals surface area contributed by atoms with Crippen LogP contribution in [0, 0.1) is 5.92 Å². The lowest BCUT2D eigenvalue weighted by molar-refractivity contribution is 0.200. The largest absolute Gasteiger partial charge is 0.493 e. The van der Waals surface area contributed by atoms with E-state index in [4.69, 9.17) is 9.47 Å². The van der Waals surface area contributed by atoms with Crippen molar-refractivity contribution in [2.45, 2.75) is 63.4 Å². The number of hydrogen-bond acceptors (Lipinski definition) is 5. The lowest BCUT2D eigenvalue weighted by Gasteiger charge is -2.20. The van der Waals surface area contributed by atoms with Crippen molar-refractivity contribution in [1.29, 1.82) is 0 Å². The zero-order valence-electron chi connectivity index (χ0n) is 19.0. The van der Waals surface area contributed by atoms with E-state index in [0.29, 0.717) is 13.1 Å². The maximum absolute atomic E-state index is 13.0. The number of hydrogen-bond donors (Lipinski definition) is 0. The highest BCUT2D eigenvalue weighted by Crippen LogP contribution is 2.40. The van der Waals surface area contributed by atoms with Crippen LogP contribution < -0.4 is 9.47 Å². The summed E-state index contributed by atoms with van der Waals surface area (Å²) in [6, 6.07) is 9.26. The van der Waals surface area contributed by atoms with Crippen molar-refractivity contribution in [2.24, 2.45) is 5.92 Å². The minimum absolute atomic E-state index is 0.110. The number of methoxy groups -OCH3 is 1. The van der Waals surface area contributed by atoms with Crippen LogP contribution in [0.1, 0.15) is 57.9 Å². The van der Waals surface area contributed by atoms with Gasteiger partial charge in [-0.25, -0.2) is 8.42 Å². The number of sulfonamides is 1. The summed E-state index contributed by atoms with van der Waals surface area (Å²) < 4.78 is 39.3. The summed E-state index contributed by atoms with van der Waals surface area (Å²) in [4.78, 5) is 4.21. The molecule has 0 bridgehead atoms. The first-order chi connectivity index (χ1) is 15.0. The van der Waals surface area contributed by atoms with Crippen LogP contribution in [0.3, 0.4) is 0 Å². The summed E-state index contributed by atoms with van der Waals surface area (Å²) in [7, 11) is -1.89. The van der Waals surface area contributed by atoms with Gasteiger partial charge in [0.25, 0.3) is 0 Å². The predicted octanol–water partition coefficient (Wildman–Crippen LogP) is 4.86. The van der Waals surface area contributed by atoms with Gasteiger partial charge in [-0.3, -0.25) is 4.98 Å². The van der Waals surface area contributed by atoms with E-state index in [-0.39, 0.29) is 22.8 Å². The highest BCUT2D eigenvalue weighted by molar-refractivity contribution is 7.89. The SMILES string of the molecule is CC.COc1ccc(C2CN(S(=O)(=O)c3cccnc3)CC2C)cc1OC1CCCC1. The van der Waals surface area contributed by atoms with Gasteiger partial charge in [0.2, 0.25) is 10.0 Å². The normalized spacial score (nSPS) is 22.1. The van der Waals surface area contributed by atoms with Crippen molar-refractivity contribution in [3.05, 3.63) is 48.3 Å². The fourth-order valence-electron chi connectivity index (χ4n) is 4.40. The Morgan fingerprint density at radius 2 is 1.81 bits per heavy atom. The van der Waals surface area contributed by atoms with E-state index in [2.05, 4.69) is 11.9 Å². The lowest BCUT2D eigenvalue weighted by Crippen LogP contribution is -2.29. The van der Waals surface area contributed by atoms with Gasteiger partial charge in [-0.1, -0.05) is 26.8 Å². The van der Waals surface area contributed by atoms with Crippen molar-refractivity contribution >= 4 is 10.0 Å². The molecule has 1 aromatic carbocycles. The molecule has 2 aromatic rings. The topological polar surface area (TPSA) is 68.7 Å². The van der Waals surface area contributed by atoms with Crippen LogP contribution in [0.4, 0.5) is 0 Å². The zero-order valence-corrected chi connectivity index (χ0v) is 19.8. The maximum atomic E-state index is 13.0. The van der Waals surface area contributed by atoms with Crippen LogP contribution in [0.15, 0.2) is 47.6 Å². The second-order valence-electron chi connectivity index (χ2n) is 8.03. The number of benzene rings is 1. The molecule has 1 aliphatic carbocycles. The molecule has 31 heavy (non-hydrogen) atoms. The monoisotopic (exact) mass is 446 g/mol. The first-order valence-electron chi connectivity index (χ1n) is 11.2. The van der Waals surface area contributed by atoms with Crippen LogP contribution >= 0.6 is 0 Å². The third kappa shape index (κ3) is 5.21. The summed E-state index contributed by atoms with van der Waals surface area (Å²) in [5.41, 5.74) is 1.09. The molecule has 2 atom stereocenters. The lowest BCUT2D eigenvalue weighted by atomic mass is 9.90. The smallest absolute Gasteiger partial charge is 0.244 e. The molecule has 0 spiro atoms. The van der Waals surface area contributed by atoms with Crippen LogP contribution in [-0.4, -0.2) is 44.0 Å². The summed E-state index contributed by atoms with van der Waals surface area (Å²) in [6.07, 6.45) is 7.78. The minimum atomic E-state index is -3.54. The van der Waals surface area contributed by atoms with Gasteiger partial charge < -0.3 is 9.47 Å². The molecule has 0 amide bonds. The van der Waals surface area contributed by atoms with Crippen LogP contribution in [0.25, 0.3) is 0 Å². The molecule has 170 valence electrons. The number of aromatic nitrogens is 1. The van der Waals surface area contributed by atoms with Gasteiger partial charge in [-0.15, -0.1) is 0 Å². The van der Waals surface area contributed by atoms with Crippen molar-refractivity contribution in [2.75, 3.05) is 20.2 Å². The summed E-state index contributed by atoms with van der Waals surface area (Å²) >= 11 is 0. The molecule has 1 saturated heterocycles. The fraction of sp³-hybridized carbons (Fsp3) is 0.542. The molecule has 1 saturated carbocycles. The average Bonchev–Trinajstić information content (AvgIpc) is 3.45. The van der Waals surface area contributed by atoms with Crippen molar-refractivity contribution in [3.63, 3.8) is 0 Å². The molecule has 0 N–H and O–H groups in total. The third-order valence-electron chi connectivity index (χ3n) is 6.06. The molecule has 1 aromatic heterocycles.